The number of benzene rings is 1. The molecule has 2 heterocycles. The van der Waals surface area contributed by atoms with E-state index in [0.29, 0.717) is 16.6 Å². The fourth-order valence-electron chi connectivity index (χ4n) is 3.43. The molecule has 1 N–H and O–H groups in total. The second kappa shape index (κ2) is 9.33. The number of hydrogen-bond donors (Lipinski definition) is 1. The fourth-order valence-corrected chi connectivity index (χ4v) is 4.77. The first-order chi connectivity index (χ1) is 13.1. The summed E-state index contributed by atoms with van der Waals surface area (Å²) in [4.78, 5) is 15.4. The minimum absolute atomic E-state index is 0.321. The van der Waals surface area contributed by atoms with Crippen molar-refractivity contribution in [3.63, 3.8) is 0 Å². The summed E-state index contributed by atoms with van der Waals surface area (Å²) in [7, 11) is 1.41. The van der Waals surface area contributed by atoms with E-state index in [1.54, 1.807) is 11.3 Å². The lowest BCUT2D eigenvalue weighted by molar-refractivity contribution is 0.0602. The molecule has 2 aromatic rings. The van der Waals surface area contributed by atoms with E-state index in [2.05, 4.69) is 47.5 Å². The third-order valence-electron chi connectivity index (χ3n) is 5.03. The summed E-state index contributed by atoms with van der Waals surface area (Å²) in [6, 6.07) is 12.6. The summed E-state index contributed by atoms with van der Waals surface area (Å²) in [6.07, 6.45) is 4.27. The molecule has 0 spiro atoms. The zero-order chi connectivity index (χ0) is 19.2. The largest absolute Gasteiger partial charge is 0.465 e. The Bertz CT molecular complexity index is 781. The van der Waals surface area contributed by atoms with E-state index in [9.17, 15) is 4.79 Å². The number of piperidine rings is 1. The van der Waals surface area contributed by atoms with Crippen molar-refractivity contribution in [2.75, 3.05) is 25.5 Å². The number of hydrogen-bond acceptors (Lipinski definition) is 4. The average molecular weight is 403 g/mol. The molecular formula is C21H26N2O2S2. The first-order valence-electron chi connectivity index (χ1n) is 9.41. The molecule has 27 heavy (non-hydrogen) atoms. The van der Waals surface area contributed by atoms with Crippen molar-refractivity contribution in [2.24, 2.45) is 5.92 Å². The maximum absolute atomic E-state index is 12.0. The van der Waals surface area contributed by atoms with Crippen molar-refractivity contribution in [1.82, 2.24) is 4.90 Å². The van der Waals surface area contributed by atoms with Crippen LogP contribution in [0.15, 0.2) is 36.4 Å². The van der Waals surface area contributed by atoms with E-state index < -0.39 is 0 Å². The molecule has 4 nitrogen and oxygen atoms in total. The normalized spacial score (nSPS) is 14.8. The highest BCUT2D eigenvalue weighted by Gasteiger charge is 2.23. The van der Waals surface area contributed by atoms with Crippen molar-refractivity contribution in [1.29, 1.82) is 0 Å². The highest BCUT2D eigenvalue weighted by molar-refractivity contribution is 7.80. The fraction of sp³-hybridized carbons (Fsp3) is 0.429. The van der Waals surface area contributed by atoms with Crippen LogP contribution in [0.5, 0.6) is 0 Å². The van der Waals surface area contributed by atoms with Crippen LogP contribution in [0.25, 0.3) is 0 Å². The molecule has 0 unspecified atom stereocenters. The van der Waals surface area contributed by atoms with E-state index in [4.69, 9.17) is 17.0 Å². The Hall–Kier alpha value is -1.92. The van der Waals surface area contributed by atoms with Crippen molar-refractivity contribution in [2.45, 2.75) is 32.6 Å². The van der Waals surface area contributed by atoms with Gasteiger partial charge in [-0.1, -0.05) is 37.3 Å². The Morgan fingerprint density at radius 3 is 2.63 bits per heavy atom. The third kappa shape index (κ3) is 5.08. The first-order valence-corrected chi connectivity index (χ1v) is 10.6. The van der Waals surface area contributed by atoms with Gasteiger partial charge in [-0.15, -0.1) is 11.3 Å². The second-order valence-electron chi connectivity index (χ2n) is 6.85. The maximum atomic E-state index is 12.0. The number of aryl methyl sites for hydroxylation is 1. The van der Waals surface area contributed by atoms with Crippen LogP contribution in [0, 0.1) is 5.92 Å². The molecule has 0 aliphatic carbocycles. The molecule has 1 aliphatic rings. The molecule has 0 atom stereocenters. The summed E-state index contributed by atoms with van der Waals surface area (Å²) < 4.78 is 4.90. The Morgan fingerprint density at radius 2 is 2.00 bits per heavy atom. The molecular weight excluding hydrogens is 376 g/mol. The monoisotopic (exact) mass is 402 g/mol. The van der Waals surface area contributed by atoms with Crippen LogP contribution in [-0.4, -0.2) is 36.2 Å². The maximum Gasteiger partial charge on any atom is 0.340 e. The SMILES string of the molecule is CCc1cc(C(=O)OC)c(NC(=S)N2CCC(Cc3ccccc3)CC2)s1. The van der Waals surface area contributed by atoms with Gasteiger partial charge in [-0.25, -0.2) is 4.79 Å². The van der Waals surface area contributed by atoms with Gasteiger partial charge in [-0.3, -0.25) is 0 Å². The van der Waals surface area contributed by atoms with Crippen molar-refractivity contribution < 1.29 is 9.53 Å². The molecule has 0 saturated carbocycles. The molecule has 1 aromatic carbocycles. The van der Waals surface area contributed by atoms with Crippen LogP contribution in [0.4, 0.5) is 5.00 Å². The van der Waals surface area contributed by atoms with Crippen LogP contribution >= 0.6 is 23.6 Å². The van der Waals surface area contributed by atoms with E-state index in [0.717, 1.165) is 48.7 Å². The molecule has 0 bridgehead atoms. The van der Waals surface area contributed by atoms with Crippen LogP contribution in [0.1, 0.15) is 40.6 Å². The summed E-state index contributed by atoms with van der Waals surface area (Å²) >= 11 is 7.19. The third-order valence-corrected chi connectivity index (χ3v) is 6.58. The smallest absolute Gasteiger partial charge is 0.340 e. The second-order valence-corrected chi connectivity index (χ2v) is 8.37. The number of carbonyl (C=O) groups excluding carboxylic acids is 1. The average Bonchev–Trinajstić information content (AvgIpc) is 3.11. The number of thiocarbonyl (C=S) groups is 1. The molecule has 0 radical (unpaired) electrons. The van der Waals surface area contributed by atoms with E-state index in [1.807, 2.05) is 6.07 Å². The number of rotatable bonds is 5. The number of methoxy groups -OCH3 is 1. The van der Waals surface area contributed by atoms with Gasteiger partial charge in [0.1, 0.15) is 5.00 Å². The van der Waals surface area contributed by atoms with Crippen LogP contribution in [0.3, 0.4) is 0 Å². The number of carbonyl (C=O) groups is 1. The molecule has 3 rings (SSSR count). The van der Waals surface area contributed by atoms with Gasteiger partial charge in [0.25, 0.3) is 0 Å². The lowest BCUT2D eigenvalue weighted by Crippen LogP contribution is -2.41. The van der Waals surface area contributed by atoms with Gasteiger partial charge >= 0.3 is 5.97 Å². The predicted molar refractivity (Wildman–Crippen MR) is 116 cm³/mol. The number of thiophene rings is 1. The van der Waals surface area contributed by atoms with Crippen molar-refractivity contribution in [3.05, 3.63) is 52.4 Å². The van der Waals surface area contributed by atoms with Gasteiger partial charge in [-0.05, 0) is 55.4 Å². The van der Waals surface area contributed by atoms with E-state index >= 15 is 0 Å². The number of nitrogens with zero attached hydrogens (tertiary/aromatic N) is 1. The van der Waals surface area contributed by atoms with Gasteiger partial charge < -0.3 is 15.0 Å². The highest BCUT2D eigenvalue weighted by Crippen LogP contribution is 2.30. The van der Waals surface area contributed by atoms with E-state index in [1.165, 1.54) is 12.7 Å². The standard InChI is InChI=1S/C21H26N2O2S2/c1-3-17-14-18(20(24)25-2)19(27-17)22-21(26)23-11-9-16(10-12-23)13-15-7-5-4-6-8-15/h4-8,14,16H,3,9-13H2,1-2H3,(H,22,26). The van der Waals surface area contributed by atoms with Crippen molar-refractivity contribution >= 4 is 39.6 Å². The number of likely N-dealkylation sites (tertiary alicyclic amines) is 1. The van der Waals surface area contributed by atoms with Crippen LogP contribution in [-0.2, 0) is 17.6 Å². The summed E-state index contributed by atoms with van der Waals surface area (Å²) in [6.45, 7) is 3.97. The zero-order valence-electron chi connectivity index (χ0n) is 15.9. The van der Waals surface area contributed by atoms with Gasteiger partial charge in [0, 0.05) is 18.0 Å². The Kier molecular flexibility index (Phi) is 6.85. The molecule has 144 valence electrons. The lowest BCUT2D eigenvalue weighted by atomic mass is 9.90. The number of anilines is 1. The zero-order valence-corrected chi connectivity index (χ0v) is 17.5. The summed E-state index contributed by atoms with van der Waals surface area (Å²) in [5, 5.41) is 4.77. The van der Waals surface area contributed by atoms with Gasteiger partial charge in [0.15, 0.2) is 5.11 Å². The summed E-state index contributed by atoms with van der Waals surface area (Å²) in [5.74, 6) is 0.378. The predicted octanol–water partition coefficient (Wildman–Crippen LogP) is 4.75. The quantitative estimate of drug-likeness (QED) is 0.577. The Balaban J connectivity index is 1.57. The van der Waals surface area contributed by atoms with Gasteiger partial charge in [0.05, 0.1) is 12.7 Å². The molecule has 1 aromatic heterocycles. The van der Waals surface area contributed by atoms with Crippen molar-refractivity contribution in [3.8, 4) is 0 Å². The van der Waals surface area contributed by atoms with Crippen LogP contribution in [0.2, 0.25) is 0 Å². The summed E-state index contributed by atoms with van der Waals surface area (Å²) in [5.41, 5.74) is 1.98. The number of esters is 1. The van der Waals surface area contributed by atoms with E-state index in [-0.39, 0.29) is 5.97 Å². The first kappa shape index (κ1) is 19.8. The number of nitrogens with one attached hydrogen (secondary N) is 1. The van der Waals surface area contributed by atoms with Crippen LogP contribution < -0.4 is 5.32 Å². The lowest BCUT2D eigenvalue weighted by Gasteiger charge is -2.33. The van der Waals surface area contributed by atoms with Gasteiger partial charge in [-0.2, -0.15) is 0 Å². The Morgan fingerprint density at radius 1 is 1.30 bits per heavy atom. The molecule has 0 amide bonds. The number of ether oxygens (including phenoxy) is 1. The minimum Gasteiger partial charge on any atom is -0.465 e. The topological polar surface area (TPSA) is 41.6 Å². The Labute approximate surface area is 170 Å². The molecule has 1 aliphatic heterocycles. The molecule has 1 saturated heterocycles. The van der Waals surface area contributed by atoms with Gasteiger partial charge in [0.2, 0.25) is 0 Å². The minimum atomic E-state index is -0.321. The molecule has 6 heteroatoms. The highest BCUT2D eigenvalue weighted by atomic mass is 32.1. The molecule has 1 fully saturated rings.